The van der Waals surface area contributed by atoms with Crippen LogP contribution in [0.25, 0.3) is 0 Å². The minimum atomic E-state index is -1.60. The summed E-state index contributed by atoms with van der Waals surface area (Å²) < 4.78 is 10.7. The highest BCUT2D eigenvalue weighted by Crippen LogP contribution is 2.17. The van der Waals surface area contributed by atoms with Crippen molar-refractivity contribution in [1.29, 1.82) is 5.41 Å². The predicted molar refractivity (Wildman–Crippen MR) is 114 cm³/mol. The van der Waals surface area contributed by atoms with Crippen LogP contribution in [-0.4, -0.2) is 57.0 Å². The van der Waals surface area contributed by atoms with Gasteiger partial charge >= 0.3 is 23.9 Å². The third kappa shape index (κ3) is 7.09. The molecule has 0 unspecified atom stereocenters. The molecule has 2 rings (SSSR count). The first kappa shape index (κ1) is 24.9. The van der Waals surface area contributed by atoms with Gasteiger partial charge in [0, 0.05) is 11.6 Å². The first-order valence-corrected chi connectivity index (χ1v) is 9.75. The van der Waals surface area contributed by atoms with E-state index in [-0.39, 0.29) is 29.7 Å². The summed E-state index contributed by atoms with van der Waals surface area (Å²) in [4.78, 5) is 48.1. The number of hydrogen-bond donors (Lipinski definition) is 5. The lowest BCUT2D eigenvalue weighted by Crippen LogP contribution is -2.50. The maximum Gasteiger partial charge on any atom is 0.379 e. The van der Waals surface area contributed by atoms with Crippen LogP contribution >= 0.6 is 0 Å². The van der Waals surface area contributed by atoms with E-state index in [9.17, 15) is 19.2 Å². The molecule has 1 heterocycles. The number of ether oxygens (including phenoxy) is 1. The topological polar surface area (TPSA) is 196 Å². The van der Waals surface area contributed by atoms with Crippen molar-refractivity contribution in [2.24, 2.45) is 5.73 Å². The van der Waals surface area contributed by atoms with Crippen LogP contribution in [0.5, 0.6) is 5.75 Å². The lowest BCUT2D eigenvalue weighted by molar-refractivity contribution is -0.145. The molecule has 0 spiro atoms. The lowest BCUT2D eigenvalue weighted by Gasteiger charge is -2.27. The standard InChI is InChI=1S/C21H24N4O8/c1-11(2)25(21(31)24-15(19(28)29)9-17(26)27)10-14-7-8-16(32-14)20(30)33-13-5-3-12(4-6-13)18(22)23/h3-8,11,15H,9-10H2,1-2H3,(H3,22,23)(H,24,31)(H,26,27)(H,28,29)/t15-/m0/s1. The van der Waals surface area contributed by atoms with Crippen molar-refractivity contribution in [3.8, 4) is 5.75 Å². The number of esters is 1. The molecule has 0 aliphatic carbocycles. The van der Waals surface area contributed by atoms with E-state index in [1.807, 2.05) is 0 Å². The maximum atomic E-state index is 12.5. The van der Waals surface area contributed by atoms with Crippen LogP contribution < -0.4 is 15.8 Å². The van der Waals surface area contributed by atoms with Crippen LogP contribution in [0.2, 0.25) is 0 Å². The molecule has 1 aromatic carbocycles. The number of carbonyl (C=O) groups is 4. The Bertz CT molecular complexity index is 1040. The molecule has 12 heteroatoms. The molecule has 33 heavy (non-hydrogen) atoms. The van der Waals surface area contributed by atoms with Gasteiger partial charge in [-0.1, -0.05) is 0 Å². The molecule has 0 radical (unpaired) electrons. The normalized spacial score (nSPS) is 11.5. The van der Waals surface area contributed by atoms with Crippen molar-refractivity contribution >= 4 is 29.8 Å². The van der Waals surface area contributed by atoms with Crippen LogP contribution in [0.3, 0.4) is 0 Å². The van der Waals surface area contributed by atoms with E-state index in [2.05, 4.69) is 5.32 Å². The highest BCUT2D eigenvalue weighted by Gasteiger charge is 2.27. The molecule has 0 fully saturated rings. The number of carboxylic acid groups (broad SMARTS) is 2. The predicted octanol–water partition coefficient (Wildman–Crippen LogP) is 1.63. The zero-order valence-corrected chi connectivity index (χ0v) is 17.9. The molecule has 6 N–H and O–H groups in total. The largest absolute Gasteiger partial charge is 0.481 e. The van der Waals surface area contributed by atoms with Crippen molar-refractivity contribution in [2.75, 3.05) is 0 Å². The number of furan rings is 1. The van der Waals surface area contributed by atoms with E-state index in [0.717, 1.165) is 0 Å². The quantitative estimate of drug-likeness (QED) is 0.151. The Balaban J connectivity index is 2.06. The van der Waals surface area contributed by atoms with Gasteiger partial charge in [-0.2, -0.15) is 0 Å². The van der Waals surface area contributed by atoms with Gasteiger partial charge in [-0.15, -0.1) is 0 Å². The SMILES string of the molecule is CC(C)N(Cc1ccc(C(=O)Oc2ccc(C(=N)N)cc2)o1)C(=O)N[C@@H](CC(=O)O)C(=O)O. The van der Waals surface area contributed by atoms with Gasteiger partial charge in [0.1, 0.15) is 23.4 Å². The Morgan fingerprint density at radius 1 is 1.12 bits per heavy atom. The summed E-state index contributed by atoms with van der Waals surface area (Å²) in [5.41, 5.74) is 5.84. The monoisotopic (exact) mass is 460 g/mol. The van der Waals surface area contributed by atoms with Crippen LogP contribution in [-0.2, 0) is 16.1 Å². The Hall–Kier alpha value is -4.35. The second kappa shape index (κ2) is 10.8. The Morgan fingerprint density at radius 3 is 2.27 bits per heavy atom. The number of nitrogens with one attached hydrogen (secondary N) is 2. The van der Waals surface area contributed by atoms with Gasteiger partial charge < -0.3 is 35.3 Å². The summed E-state index contributed by atoms with van der Waals surface area (Å²) in [6.45, 7) is 3.24. The number of rotatable bonds is 10. The number of hydrogen-bond acceptors (Lipinski definition) is 7. The molecule has 176 valence electrons. The van der Waals surface area contributed by atoms with E-state index >= 15 is 0 Å². The summed E-state index contributed by atoms with van der Waals surface area (Å²) in [5.74, 6) is -3.45. The van der Waals surface area contributed by atoms with E-state index in [1.54, 1.807) is 13.8 Å². The number of nitrogens with two attached hydrogens (primary N) is 1. The van der Waals surface area contributed by atoms with Crippen molar-refractivity contribution in [2.45, 2.75) is 38.9 Å². The number of nitrogens with zero attached hydrogens (tertiary/aromatic N) is 1. The van der Waals surface area contributed by atoms with E-state index < -0.39 is 42.4 Å². The number of carboxylic acids is 2. The Morgan fingerprint density at radius 2 is 1.76 bits per heavy atom. The molecular formula is C21H24N4O8. The van der Waals surface area contributed by atoms with Gasteiger partial charge in [-0.3, -0.25) is 10.2 Å². The molecule has 0 bridgehead atoms. The number of urea groups is 1. The Kier molecular flexibility index (Phi) is 8.15. The van der Waals surface area contributed by atoms with Crippen molar-refractivity contribution < 1.29 is 38.5 Å². The van der Waals surface area contributed by atoms with E-state index in [0.29, 0.717) is 5.56 Å². The zero-order chi connectivity index (χ0) is 24.7. The van der Waals surface area contributed by atoms with Crippen molar-refractivity contribution in [3.05, 3.63) is 53.5 Å². The fraction of sp³-hybridized carbons (Fsp3) is 0.286. The molecule has 0 saturated heterocycles. The molecule has 1 aromatic heterocycles. The van der Waals surface area contributed by atoms with Crippen molar-refractivity contribution in [3.63, 3.8) is 0 Å². The van der Waals surface area contributed by atoms with E-state index in [1.165, 1.54) is 41.3 Å². The zero-order valence-electron chi connectivity index (χ0n) is 17.9. The first-order chi connectivity index (χ1) is 15.5. The van der Waals surface area contributed by atoms with Crippen LogP contribution in [0.15, 0.2) is 40.8 Å². The summed E-state index contributed by atoms with van der Waals surface area (Å²) in [7, 11) is 0. The Labute approximate surface area is 188 Å². The van der Waals surface area contributed by atoms with Gasteiger partial charge in [-0.25, -0.2) is 14.4 Å². The maximum absolute atomic E-state index is 12.5. The number of nitrogen functional groups attached to an aromatic ring is 1. The number of amidine groups is 1. The van der Waals surface area contributed by atoms with Gasteiger partial charge in [-0.05, 0) is 50.2 Å². The molecular weight excluding hydrogens is 436 g/mol. The molecule has 1 atom stereocenters. The summed E-state index contributed by atoms with van der Waals surface area (Å²) in [6, 6.07) is 6.01. The fourth-order valence-electron chi connectivity index (χ4n) is 2.70. The first-order valence-electron chi connectivity index (χ1n) is 9.75. The smallest absolute Gasteiger partial charge is 0.379 e. The third-order valence-corrected chi connectivity index (χ3v) is 4.42. The van der Waals surface area contributed by atoms with E-state index in [4.69, 9.17) is 30.5 Å². The fourth-order valence-corrected chi connectivity index (χ4v) is 2.70. The summed E-state index contributed by atoms with van der Waals surface area (Å²) in [6.07, 6.45) is -0.781. The van der Waals surface area contributed by atoms with Gasteiger partial charge in [0.2, 0.25) is 5.76 Å². The van der Waals surface area contributed by atoms with Crippen molar-refractivity contribution in [1.82, 2.24) is 10.2 Å². The third-order valence-electron chi connectivity index (χ3n) is 4.42. The molecule has 2 amide bonds. The minimum Gasteiger partial charge on any atom is -0.481 e. The molecule has 0 aliphatic heterocycles. The molecule has 0 saturated carbocycles. The average Bonchev–Trinajstić information content (AvgIpc) is 3.20. The summed E-state index contributed by atoms with van der Waals surface area (Å²) >= 11 is 0. The summed E-state index contributed by atoms with van der Waals surface area (Å²) in [5, 5.41) is 27.5. The highest BCUT2D eigenvalue weighted by atomic mass is 16.5. The number of amides is 2. The number of carbonyl (C=O) groups excluding carboxylic acids is 2. The highest BCUT2D eigenvalue weighted by molar-refractivity contribution is 5.95. The number of benzene rings is 1. The lowest BCUT2D eigenvalue weighted by atomic mass is 10.2. The average molecular weight is 460 g/mol. The number of aliphatic carboxylic acids is 2. The molecule has 0 aliphatic rings. The second-order valence-electron chi connectivity index (χ2n) is 7.25. The molecule has 2 aromatic rings. The minimum absolute atomic E-state index is 0.108. The van der Waals surface area contributed by atoms with Crippen LogP contribution in [0.4, 0.5) is 4.79 Å². The van der Waals surface area contributed by atoms with Gasteiger partial charge in [0.25, 0.3) is 0 Å². The van der Waals surface area contributed by atoms with Gasteiger partial charge in [0.15, 0.2) is 0 Å². The molecule has 12 nitrogen and oxygen atoms in total. The second-order valence-corrected chi connectivity index (χ2v) is 7.25. The van der Waals surface area contributed by atoms with Crippen LogP contribution in [0, 0.1) is 5.41 Å². The van der Waals surface area contributed by atoms with Crippen LogP contribution in [0.1, 0.15) is 42.1 Å². The van der Waals surface area contributed by atoms with Gasteiger partial charge in [0.05, 0.1) is 13.0 Å².